The van der Waals surface area contributed by atoms with Gasteiger partial charge in [0, 0.05) is 45.0 Å². The summed E-state index contributed by atoms with van der Waals surface area (Å²) in [5.41, 5.74) is 7.71. The Morgan fingerprint density at radius 1 is 0.872 bits per heavy atom. The van der Waals surface area contributed by atoms with Gasteiger partial charge in [0.25, 0.3) is 0 Å². The average Bonchev–Trinajstić information content (AvgIpc) is 2.97. The normalized spacial score (nSPS) is 14.8. The molecule has 1 aliphatic carbocycles. The molecule has 3 aromatic rings. The van der Waals surface area contributed by atoms with E-state index >= 15 is 0 Å². The zero-order chi connectivity index (χ0) is 27.8. The molecule has 0 saturated carbocycles. The molecule has 0 aromatic heterocycles. The number of phenols is 1. The lowest BCUT2D eigenvalue weighted by molar-refractivity contribution is 0.162. The molecule has 0 spiro atoms. The van der Waals surface area contributed by atoms with E-state index in [0.29, 0.717) is 11.7 Å². The van der Waals surface area contributed by atoms with Gasteiger partial charge in [0.1, 0.15) is 5.75 Å². The third-order valence-corrected chi connectivity index (χ3v) is 7.97. The van der Waals surface area contributed by atoms with Gasteiger partial charge in [0.2, 0.25) is 0 Å². The van der Waals surface area contributed by atoms with E-state index in [9.17, 15) is 5.11 Å². The first kappa shape index (κ1) is 28.8. The number of hydrogen-bond donors (Lipinski definition) is 1. The molecule has 210 valence electrons. The molecule has 1 aliphatic rings. The molecule has 3 aromatic carbocycles. The first-order chi connectivity index (χ1) is 18.9. The van der Waals surface area contributed by atoms with E-state index in [0.717, 1.165) is 70.0 Å². The average molecular weight is 533 g/mol. The summed E-state index contributed by atoms with van der Waals surface area (Å²) >= 11 is 0. The Hall–Kier alpha value is -3.22. The number of likely N-dealkylation sites (N-methyl/N-ethyl adjacent to an activating group) is 1. The van der Waals surface area contributed by atoms with Crippen LogP contribution in [0, 0.1) is 0 Å². The van der Waals surface area contributed by atoms with Gasteiger partial charge in [0.15, 0.2) is 11.5 Å². The number of hydrogen-bond acceptors (Lipinski definition) is 6. The van der Waals surface area contributed by atoms with E-state index in [4.69, 9.17) is 14.2 Å². The Kier molecular flexibility index (Phi) is 10.1. The van der Waals surface area contributed by atoms with Crippen molar-refractivity contribution in [1.29, 1.82) is 0 Å². The van der Waals surface area contributed by atoms with Gasteiger partial charge >= 0.3 is 0 Å². The first-order valence-corrected chi connectivity index (χ1v) is 14.0. The maximum atomic E-state index is 9.94. The molecule has 0 unspecified atom stereocenters. The first-order valence-electron chi connectivity index (χ1n) is 14.0. The Morgan fingerprint density at radius 2 is 1.59 bits per heavy atom. The van der Waals surface area contributed by atoms with Gasteiger partial charge in [-0.15, -0.1) is 0 Å². The van der Waals surface area contributed by atoms with Crippen molar-refractivity contribution in [1.82, 2.24) is 4.90 Å². The highest BCUT2D eigenvalue weighted by atomic mass is 16.5. The topological polar surface area (TPSA) is 54.4 Å². The number of ether oxygens (including phenoxy) is 3. The summed E-state index contributed by atoms with van der Waals surface area (Å²) in [4.78, 5) is 4.75. The molecule has 6 nitrogen and oxygen atoms in total. The molecule has 6 heteroatoms. The third-order valence-electron chi connectivity index (χ3n) is 7.97. The molecule has 4 rings (SSSR count). The van der Waals surface area contributed by atoms with Crippen molar-refractivity contribution in [2.45, 2.75) is 45.1 Å². The third kappa shape index (κ3) is 7.25. The fourth-order valence-corrected chi connectivity index (χ4v) is 5.57. The number of rotatable bonds is 13. The minimum Gasteiger partial charge on any atom is -0.508 e. The fraction of sp³-hybridized carbons (Fsp3) is 0.455. The Labute approximate surface area is 234 Å². The number of nitrogens with zero attached hydrogens (tertiary/aromatic N) is 2. The summed E-state index contributed by atoms with van der Waals surface area (Å²) in [5, 5.41) is 9.94. The molecule has 1 atom stereocenters. The molecule has 0 radical (unpaired) electrons. The van der Waals surface area contributed by atoms with Crippen LogP contribution in [0.15, 0.2) is 54.6 Å². The van der Waals surface area contributed by atoms with Crippen molar-refractivity contribution in [3.8, 4) is 17.2 Å². The molecule has 0 bridgehead atoms. The van der Waals surface area contributed by atoms with E-state index < -0.39 is 0 Å². The van der Waals surface area contributed by atoms with Crippen molar-refractivity contribution < 1.29 is 19.3 Å². The van der Waals surface area contributed by atoms with E-state index in [2.05, 4.69) is 66.2 Å². The highest BCUT2D eigenvalue weighted by Crippen LogP contribution is 2.43. The molecule has 0 fully saturated rings. The Morgan fingerprint density at radius 3 is 2.28 bits per heavy atom. The number of phenolic OH excluding ortho intramolecular Hbond substituents is 1. The monoisotopic (exact) mass is 532 g/mol. The lowest BCUT2D eigenvalue weighted by Gasteiger charge is -2.32. The second-order valence-corrected chi connectivity index (χ2v) is 10.5. The number of aryl methyl sites for hydroxylation is 1. The van der Waals surface area contributed by atoms with Crippen molar-refractivity contribution in [3.05, 3.63) is 82.4 Å². The van der Waals surface area contributed by atoms with Crippen molar-refractivity contribution in [3.63, 3.8) is 0 Å². The maximum absolute atomic E-state index is 9.94. The lowest BCUT2D eigenvalue weighted by Crippen LogP contribution is -2.25. The molecular weight excluding hydrogens is 488 g/mol. The molecule has 1 N–H and O–H groups in total. The summed E-state index contributed by atoms with van der Waals surface area (Å²) in [6.45, 7) is 6.64. The van der Waals surface area contributed by atoms with Crippen LogP contribution >= 0.6 is 0 Å². The van der Waals surface area contributed by atoms with Crippen LogP contribution in [0.4, 0.5) is 5.69 Å². The minimum absolute atomic E-state index is 0.347. The zero-order valence-electron chi connectivity index (χ0n) is 24.2. The van der Waals surface area contributed by atoms with Gasteiger partial charge in [-0.2, -0.15) is 0 Å². The summed E-state index contributed by atoms with van der Waals surface area (Å²) in [5.74, 6) is 2.23. The largest absolute Gasteiger partial charge is 0.508 e. The molecular formula is C33H44N2O4. The van der Waals surface area contributed by atoms with Crippen LogP contribution in [0.5, 0.6) is 17.2 Å². The van der Waals surface area contributed by atoms with Crippen molar-refractivity contribution in [2.24, 2.45) is 0 Å². The van der Waals surface area contributed by atoms with Gasteiger partial charge in [-0.25, -0.2) is 0 Å². The van der Waals surface area contributed by atoms with Gasteiger partial charge in [-0.3, -0.25) is 0 Å². The predicted octanol–water partition coefficient (Wildman–Crippen LogP) is 5.83. The number of aromatic hydroxyl groups is 1. The van der Waals surface area contributed by atoms with Gasteiger partial charge < -0.3 is 29.1 Å². The van der Waals surface area contributed by atoms with Crippen molar-refractivity contribution in [2.75, 3.05) is 59.5 Å². The molecule has 0 aliphatic heterocycles. The second kappa shape index (κ2) is 13.7. The standard InChI is InChI=1S/C33H44N2O4/c1-6-35(23-25-9-7-24(8-10-25)15-16-34(2)17-18-37-3)31-22-33(39-5)32(38-4)21-30(31)28-12-11-27-20-29(36)14-13-26(27)19-28/h7-10,13-14,20-22,28,36H,6,11-12,15-19,23H2,1-5H3/t28-/m1/s1. The van der Waals surface area contributed by atoms with Gasteiger partial charge in [-0.05, 0) is 91.6 Å². The highest BCUT2D eigenvalue weighted by molar-refractivity contribution is 5.64. The molecule has 0 saturated heterocycles. The number of methoxy groups -OCH3 is 3. The van der Waals surface area contributed by atoms with Crippen LogP contribution in [0.2, 0.25) is 0 Å². The highest BCUT2D eigenvalue weighted by Gasteiger charge is 2.26. The van der Waals surface area contributed by atoms with Gasteiger partial charge in [0.05, 0.1) is 20.8 Å². The summed E-state index contributed by atoms with van der Waals surface area (Å²) in [7, 11) is 7.29. The van der Waals surface area contributed by atoms with E-state index in [1.807, 2.05) is 6.07 Å². The number of anilines is 1. The maximum Gasteiger partial charge on any atom is 0.162 e. The van der Waals surface area contributed by atoms with Gasteiger partial charge in [-0.1, -0.05) is 30.3 Å². The van der Waals surface area contributed by atoms with Crippen molar-refractivity contribution >= 4 is 5.69 Å². The Balaban J connectivity index is 1.55. The van der Waals surface area contributed by atoms with Crippen LogP contribution < -0.4 is 14.4 Å². The Bertz CT molecular complexity index is 1210. The quantitative estimate of drug-likeness (QED) is 0.299. The minimum atomic E-state index is 0.347. The predicted molar refractivity (Wildman–Crippen MR) is 159 cm³/mol. The van der Waals surface area contributed by atoms with E-state index in [-0.39, 0.29) is 0 Å². The van der Waals surface area contributed by atoms with E-state index in [1.165, 1.54) is 33.5 Å². The molecule has 0 amide bonds. The summed E-state index contributed by atoms with van der Waals surface area (Å²) in [6.07, 6.45) is 3.96. The fourth-order valence-electron chi connectivity index (χ4n) is 5.57. The van der Waals surface area contributed by atoms with Crippen LogP contribution in [0.25, 0.3) is 0 Å². The van der Waals surface area contributed by atoms with Crippen LogP contribution in [-0.4, -0.2) is 64.6 Å². The number of fused-ring (bicyclic) bond motifs is 1. The second-order valence-electron chi connectivity index (χ2n) is 10.5. The lowest BCUT2D eigenvalue weighted by atomic mass is 9.79. The summed E-state index contributed by atoms with van der Waals surface area (Å²) < 4.78 is 16.6. The molecule has 0 heterocycles. The van der Waals surface area contributed by atoms with E-state index in [1.54, 1.807) is 27.4 Å². The zero-order valence-corrected chi connectivity index (χ0v) is 24.2. The SMILES string of the molecule is CCN(Cc1ccc(CCN(C)CCOC)cc1)c1cc(OC)c(OC)cc1[C@@H]1CCc2cc(O)ccc2C1. The smallest absolute Gasteiger partial charge is 0.162 e. The number of benzene rings is 3. The molecule has 39 heavy (non-hydrogen) atoms. The van der Waals surface area contributed by atoms with Crippen LogP contribution in [0.3, 0.4) is 0 Å². The summed E-state index contributed by atoms with van der Waals surface area (Å²) in [6, 6.07) is 19.2. The van der Waals surface area contributed by atoms with Crippen LogP contribution in [-0.2, 0) is 30.5 Å². The van der Waals surface area contributed by atoms with Crippen LogP contribution in [0.1, 0.15) is 47.1 Å².